The lowest BCUT2D eigenvalue weighted by molar-refractivity contribution is -0.123. The number of hydrogen-bond donors (Lipinski definition) is 6. The van der Waals surface area contributed by atoms with E-state index in [1.54, 1.807) is 46.5 Å². The number of primary amides is 2. The molecule has 0 unspecified atom stereocenters. The van der Waals surface area contributed by atoms with Crippen LogP contribution in [-0.4, -0.2) is 108 Å². The highest BCUT2D eigenvalue weighted by atomic mass is 16.5. The molecular weight excluding hydrogens is 793 g/mol. The Morgan fingerprint density at radius 1 is 0.694 bits per heavy atom. The maximum absolute atomic E-state index is 13.9. The van der Waals surface area contributed by atoms with E-state index in [1.165, 1.54) is 0 Å². The highest BCUT2D eigenvalue weighted by Gasteiger charge is 2.27. The Morgan fingerprint density at radius 2 is 1.16 bits per heavy atom. The molecule has 2 aliphatic heterocycles. The molecule has 1 aromatic carbocycles. The summed E-state index contributed by atoms with van der Waals surface area (Å²) in [5.41, 5.74) is 18.0. The topological polar surface area (TPSA) is 246 Å². The minimum atomic E-state index is -0.419. The molecule has 5 aromatic rings. The van der Waals surface area contributed by atoms with Crippen molar-refractivity contribution in [2.45, 2.75) is 104 Å². The standard InChI is InChI=1S/C43H58N14O5/c1-5-33-29(37(31-23-48-56(7-3)39(31)52-33)50-26-13-17-54(18-14-26)42(44)60)21-46-36(58)25-62-35-12-10-9-11-28(35)41(59)47-22-30-34(6-2)53-40-32(24-49-57(40)8-4)38(30)51-27-15-19-55(20-16-27)43(45)61/h9-12,23-24,26-27H,5-8,13-22,25H2,1-4H3,(H2,44,60)(H2,45,61)(H,46,58)(H,47,59)(H,50,52)(H,51,53). The molecule has 6 heterocycles. The van der Waals surface area contributed by atoms with E-state index in [4.69, 9.17) is 26.2 Å². The van der Waals surface area contributed by atoms with E-state index < -0.39 is 12.1 Å². The van der Waals surface area contributed by atoms with Crippen LogP contribution in [0.5, 0.6) is 5.75 Å². The number of carbonyl (C=O) groups is 4. The highest BCUT2D eigenvalue weighted by molar-refractivity contribution is 5.98. The van der Waals surface area contributed by atoms with Gasteiger partial charge in [0.15, 0.2) is 17.9 Å². The number of benzene rings is 1. The number of likely N-dealkylation sites (tertiary alicyclic amines) is 2. The molecule has 0 atom stereocenters. The van der Waals surface area contributed by atoms with E-state index in [-0.39, 0.29) is 54.9 Å². The average Bonchev–Trinajstić information content (AvgIpc) is 3.91. The third kappa shape index (κ3) is 9.30. The minimum Gasteiger partial charge on any atom is -0.483 e. The third-order valence-corrected chi connectivity index (χ3v) is 11.9. The van der Waals surface area contributed by atoms with Gasteiger partial charge >= 0.3 is 12.1 Å². The van der Waals surface area contributed by atoms with Gasteiger partial charge in [0.1, 0.15) is 5.75 Å². The number of fused-ring (bicyclic) bond motifs is 2. The first-order valence-corrected chi connectivity index (χ1v) is 21.7. The fraction of sp³-hybridized carbons (Fsp3) is 0.488. The van der Waals surface area contributed by atoms with Crippen molar-refractivity contribution < 1.29 is 23.9 Å². The Labute approximate surface area is 360 Å². The molecule has 0 spiro atoms. The van der Waals surface area contributed by atoms with Gasteiger partial charge in [-0.3, -0.25) is 9.59 Å². The van der Waals surface area contributed by atoms with E-state index in [0.717, 1.165) is 68.8 Å². The number of aromatic nitrogens is 6. The zero-order chi connectivity index (χ0) is 43.9. The largest absolute Gasteiger partial charge is 0.483 e. The Hall–Kier alpha value is -6.66. The SMILES string of the molecule is CCc1nc2c(cnn2CC)c(NC2CCN(C(N)=O)CC2)c1CNC(=O)COc1ccccc1C(=O)NCc1c(CC)nc2c(cnn2CC)c1NC1CCN(C(N)=O)CC1. The summed E-state index contributed by atoms with van der Waals surface area (Å²) >= 11 is 0. The predicted octanol–water partition coefficient (Wildman–Crippen LogP) is 3.88. The number of para-hydroxylation sites is 1. The highest BCUT2D eigenvalue weighted by Crippen LogP contribution is 2.33. The van der Waals surface area contributed by atoms with Crippen molar-refractivity contribution in [3.8, 4) is 5.75 Å². The zero-order valence-corrected chi connectivity index (χ0v) is 36.0. The first-order chi connectivity index (χ1) is 30.0. The summed E-state index contributed by atoms with van der Waals surface area (Å²) < 4.78 is 9.73. The number of nitrogens with zero attached hydrogens (tertiary/aromatic N) is 8. The van der Waals surface area contributed by atoms with Crippen LogP contribution in [0.15, 0.2) is 36.7 Å². The lowest BCUT2D eigenvalue weighted by Gasteiger charge is -2.32. The molecule has 2 saturated heterocycles. The monoisotopic (exact) mass is 850 g/mol. The third-order valence-electron chi connectivity index (χ3n) is 11.9. The first-order valence-electron chi connectivity index (χ1n) is 21.7. The van der Waals surface area contributed by atoms with E-state index in [1.807, 2.05) is 37.1 Å². The minimum absolute atomic E-state index is 0.0733. The van der Waals surface area contributed by atoms with Gasteiger partial charge in [0.25, 0.3) is 11.8 Å². The molecule has 7 rings (SSSR count). The number of carbonyl (C=O) groups excluding carboxylic acids is 4. The van der Waals surface area contributed by atoms with Crippen LogP contribution in [0.1, 0.15) is 86.3 Å². The summed E-state index contributed by atoms with van der Waals surface area (Å²) in [5, 5.41) is 24.4. The van der Waals surface area contributed by atoms with Crippen LogP contribution in [0.2, 0.25) is 0 Å². The molecule has 6 amide bonds. The van der Waals surface area contributed by atoms with Crippen LogP contribution in [0.25, 0.3) is 22.1 Å². The maximum atomic E-state index is 13.9. The van der Waals surface area contributed by atoms with Crippen molar-refractivity contribution >= 4 is 57.3 Å². The summed E-state index contributed by atoms with van der Waals surface area (Å²) in [7, 11) is 0. The summed E-state index contributed by atoms with van der Waals surface area (Å²) in [5.74, 6) is -0.475. The summed E-state index contributed by atoms with van der Waals surface area (Å²) in [6, 6.07) is 6.15. The van der Waals surface area contributed by atoms with Crippen LogP contribution < -0.4 is 37.5 Å². The number of rotatable bonds is 16. The number of amides is 6. The molecule has 330 valence electrons. The van der Waals surface area contributed by atoms with Gasteiger partial charge in [0.05, 0.1) is 40.1 Å². The number of pyridine rings is 2. The summed E-state index contributed by atoms with van der Waals surface area (Å²) in [6.07, 6.45) is 7.73. The number of urea groups is 2. The van der Waals surface area contributed by atoms with Crippen LogP contribution in [0, 0.1) is 0 Å². The molecule has 4 aromatic heterocycles. The summed E-state index contributed by atoms with van der Waals surface area (Å²) in [4.78, 5) is 64.2. The van der Waals surface area contributed by atoms with E-state index in [0.29, 0.717) is 65.0 Å². The van der Waals surface area contributed by atoms with Crippen LogP contribution in [0.3, 0.4) is 0 Å². The van der Waals surface area contributed by atoms with E-state index >= 15 is 0 Å². The van der Waals surface area contributed by atoms with Gasteiger partial charge in [0, 0.05) is 87.0 Å². The number of nitrogens with two attached hydrogens (primary N) is 2. The van der Waals surface area contributed by atoms with Crippen molar-refractivity contribution in [1.82, 2.24) is 50.0 Å². The molecule has 0 bridgehead atoms. The molecular formula is C43H58N14O5. The van der Waals surface area contributed by atoms with Crippen molar-refractivity contribution in [3.63, 3.8) is 0 Å². The van der Waals surface area contributed by atoms with Gasteiger partial charge in [-0.05, 0) is 64.5 Å². The van der Waals surface area contributed by atoms with E-state index in [2.05, 4.69) is 31.5 Å². The molecule has 19 nitrogen and oxygen atoms in total. The Kier molecular flexibility index (Phi) is 13.6. The fourth-order valence-electron chi connectivity index (χ4n) is 8.43. The number of nitrogens with one attached hydrogen (secondary N) is 4. The van der Waals surface area contributed by atoms with Gasteiger partial charge in [-0.1, -0.05) is 26.0 Å². The number of aryl methyl sites for hydroxylation is 4. The number of ether oxygens (including phenoxy) is 1. The zero-order valence-electron chi connectivity index (χ0n) is 36.0. The first kappa shape index (κ1) is 43.4. The van der Waals surface area contributed by atoms with Gasteiger partial charge in [0.2, 0.25) is 0 Å². The van der Waals surface area contributed by atoms with Crippen molar-refractivity contribution in [3.05, 3.63) is 64.7 Å². The van der Waals surface area contributed by atoms with Crippen molar-refractivity contribution in [2.75, 3.05) is 43.4 Å². The van der Waals surface area contributed by atoms with Crippen molar-refractivity contribution in [2.24, 2.45) is 11.5 Å². The molecule has 19 heteroatoms. The van der Waals surface area contributed by atoms with Gasteiger partial charge in [-0.15, -0.1) is 0 Å². The molecule has 8 N–H and O–H groups in total. The molecule has 2 aliphatic rings. The normalized spacial score (nSPS) is 14.9. The lowest BCUT2D eigenvalue weighted by atomic mass is 10.0. The number of piperidine rings is 2. The second kappa shape index (κ2) is 19.4. The molecule has 0 aliphatic carbocycles. The average molecular weight is 851 g/mol. The van der Waals surface area contributed by atoms with Gasteiger partial charge < -0.3 is 47.3 Å². The Bertz CT molecular complexity index is 2430. The molecule has 62 heavy (non-hydrogen) atoms. The van der Waals surface area contributed by atoms with Gasteiger partial charge in [-0.2, -0.15) is 10.2 Å². The molecule has 0 saturated carbocycles. The summed E-state index contributed by atoms with van der Waals surface area (Å²) in [6.45, 7) is 11.6. The fourth-order valence-corrected chi connectivity index (χ4v) is 8.43. The van der Waals surface area contributed by atoms with Crippen molar-refractivity contribution in [1.29, 1.82) is 0 Å². The maximum Gasteiger partial charge on any atom is 0.314 e. The molecule has 2 fully saturated rings. The lowest BCUT2D eigenvalue weighted by Crippen LogP contribution is -2.44. The Balaban J connectivity index is 1.04. The van der Waals surface area contributed by atoms with Gasteiger partial charge in [-0.25, -0.2) is 28.9 Å². The van der Waals surface area contributed by atoms with Crippen LogP contribution in [-0.2, 0) is 43.8 Å². The van der Waals surface area contributed by atoms with Crippen LogP contribution in [0.4, 0.5) is 21.0 Å². The van der Waals surface area contributed by atoms with E-state index in [9.17, 15) is 19.2 Å². The smallest absolute Gasteiger partial charge is 0.314 e. The Morgan fingerprint density at radius 3 is 1.61 bits per heavy atom. The number of hydrogen-bond acceptors (Lipinski definition) is 11. The predicted molar refractivity (Wildman–Crippen MR) is 236 cm³/mol. The second-order valence-electron chi connectivity index (χ2n) is 15.7. The number of anilines is 2. The second-order valence-corrected chi connectivity index (χ2v) is 15.7. The van der Waals surface area contributed by atoms with Crippen LogP contribution >= 0.6 is 0 Å². The quantitative estimate of drug-likeness (QED) is 0.0832. The molecule has 0 radical (unpaired) electrons.